The van der Waals surface area contributed by atoms with Crippen LogP contribution in [-0.4, -0.2) is 53.6 Å². The molecule has 9 heteroatoms. The first-order valence-electron chi connectivity index (χ1n) is 9.46. The number of hydrogen-bond donors (Lipinski definition) is 1. The van der Waals surface area contributed by atoms with Crippen LogP contribution in [0.15, 0.2) is 32.8 Å². The molecule has 1 aromatic carbocycles. The molecule has 1 aromatic heterocycles. The van der Waals surface area contributed by atoms with Crippen molar-refractivity contribution in [2.75, 3.05) is 39.1 Å². The summed E-state index contributed by atoms with van der Waals surface area (Å²) >= 11 is 0. The zero-order valence-corrected chi connectivity index (χ0v) is 17.6. The fourth-order valence-electron chi connectivity index (χ4n) is 2.81. The normalized spacial score (nSPS) is 11.4. The van der Waals surface area contributed by atoms with E-state index in [2.05, 4.69) is 23.7 Å². The van der Waals surface area contributed by atoms with Gasteiger partial charge in [-0.15, -0.1) is 0 Å². The maximum atomic E-state index is 12.3. The summed E-state index contributed by atoms with van der Waals surface area (Å²) in [6.45, 7) is 7.55. The van der Waals surface area contributed by atoms with Crippen LogP contribution in [0, 0.1) is 0 Å². The second kappa shape index (κ2) is 9.92. The van der Waals surface area contributed by atoms with Crippen LogP contribution in [0.1, 0.15) is 19.4 Å². The Morgan fingerprint density at radius 1 is 1.14 bits per heavy atom. The average Bonchev–Trinajstić information content (AvgIpc) is 2.74. The highest BCUT2D eigenvalue weighted by molar-refractivity contribution is 5.84. The van der Waals surface area contributed by atoms with E-state index in [9.17, 15) is 9.59 Å². The van der Waals surface area contributed by atoms with Crippen molar-refractivity contribution < 1.29 is 9.47 Å². The Morgan fingerprint density at radius 2 is 1.83 bits per heavy atom. The van der Waals surface area contributed by atoms with Gasteiger partial charge in [0.15, 0.2) is 17.2 Å². The standard InChI is InChI=1S/C20H29N5O4/c1-6-25(7-2)10-11-29-15-9-8-14(12-16(15)28-5)13-22-17-18(21)23(3)20(27)24(4)19(17)26/h8-9,12-13H,6-7,10-11,21H2,1-5H3. The minimum Gasteiger partial charge on any atom is -0.493 e. The molecule has 0 saturated carbocycles. The Kier molecular flexibility index (Phi) is 7.60. The minimum absolute atomic E-state index is 0.00751. The number of aromatic nitrogens is 2. The molecule has 0 aliphatic rings. The molecule has 9 nitrogen and oxygen atoms in total. The molecule has 0 amide bonds. The van der Waals surface area contributed by atoms with Gasteiger partial charge in [-0.05, 0) is 36.9 Å². The third-order valence-corrected chi connectivity index (χ3v) is 4.77. The summed E-state index contributed by atoms with van der Waals surface area (Å²) in [6.07, 6.45) is 1.50. The number of anilines is 1. The molecule has 29 heavy (non-hydrogen) atoms. The number of benzene rings is 1. The Labute approximate surface area is 170 Å². The van der Waals surface area contributed by atoms with Crippen molar-refractivity contribution in [1.29, 1.82) is 0 Å². The maximum Gasteiger partial charge on any atom is 0.332 e. The molecule has 0 aliphatic heterocycles. The monoisotopic (exact) mass is 403 g/mol. The predicted molar refractivity (Wildman–Crippen MR) is 115 cm³/mol. The number of aliphatic imine (C=N–C) groups is 1. The summed E-state index contributed by atoms with van der Waals surface area (Å²) in [5.74, 6) is 1.21. The Morgan fingerprint density at radius 3 is 2.45 bits per heavy atom. The Balaban J connectivity index is 2.23. The largest absolute Gasteiger partial charge is 0.493 e. The quantitative estimate of drug-likeness (QED) is 0.630. The fourth-order valence-corrected chi connectivity index (χ4v) is 2.81. The number of hydrogen-bond acceptors (Lipinski definition) is 7. The van der Waals surface area contributed by atoms with Crippen molar-refractivity contribution in [3.63, 3.8) is 0 Å². The van der Waals surface area contributed by atoms with Crippen molar-refractivity contribution >= 4 is 17.7 Å². The van der Waals surface area contributed by atoms with E-state index in [-0.39, 0.29) is 11.5 Å². The highest BCUT2D eigenvalue weighted by Gasteiger charge is 2.12. The van der Waals surface area contributed by atoms with E-state index in [1.807, 2.05) is 0 Å². The van der Waals surface area contributed by atoms with Gasteiger partial charge in [-0.3, -0.25) is 13.9 Å². The molecule has 0 bridgehead atoms. The number of nitrogens with two attached hydrogens (primary N) is 1. The van der Waals surface area contributed by atoms with Crippen LogP contribution in [0.2, 0.25) is 0 Å². The van der Waals surface area contributed by atoms with E-state index < -0.39 is 11.2 Å². The molecule has 2 aromatic rings. The summed E-state index contributed by atoms with van der Waals surface area (Å²) in [4.78, 5) is 30.7. The molecule has 0 aliphatic carbocycles. The topological polar surface area (TPSA) is 104 Å². The average molecular weight is 403 g/mol. The van der Waals surface area contributed by atoms with Crippen molar-refractivity contribution in [1.82, 2.24) is 14.0 Å². The van der Waals surface area contributed by atoms with Gasteiger partial charge in [0.1, 0.15) is 12.4 Å². The van der Waals surface area contributed by atoms with Crippen LogP contribution in [0.3, 0.4) is 0 Å². The van der Waals surface area contributed by atoms with Gasteiger partial charge in [0, 0.05) is 26.9 Å². The third-order valence-electron chi connectivity index (χ3n) is 4.77. The fraction of sp³-hybridized carbons (Fsp3) is 0.450. The van der Waals surface area contributed by atoms with E-state index in [1.54, 1.807) is 25.3 Å². The van der Waals surface area contributed by atoms with Crippen molar-refractivity contribution in [2.45, 2.75) is 13.8 Å². The van der Waals surface area contributed by atoms with E-state index in [4.69, 9.17) is 15.2 Å². The van der Waals surface area contributed by atoms with Gasteiger partial charge < -0.3 is 20.1 Å². The molecule has 0 fully saturated rings. The number of nitrogens with zero attached hydrogens (tertiary/aromatic N) is 4. The van der Waals surface area contributed by atoms with Gasteiger partial charge in [-0.2, -0.15) is 0 Å². The van der Waals surface area contributed by atoms with Crippen LogP contribution in [0.5, 0.6) is 11.5 Å². The summed E-state index contributed by atoms with van der Waals surface area (Å²) in [5.41, 5.74) is 5.55. The molecule has 0 radical (unpaired) electrons. The van der Waals surface area contributed by atoms with Crippen molar-refractivity contribution in [3.8, 4) is 11.5 Å². The lowest BCUT2D eigenvalue weighted by Gasteiger charge is -2.18. The molecular weight excluding hydrogens is 374 g/mol. The van der Waals surface area contributed by atoms with Crippen LogP contribution >= 0.6 is 0 Å². The van der Waals surface area contributed by atoms with Gasteiger partial charge in [0.2, 0.25) is 0 Å². The molecule has 2 rings (SSSR count). The molecule has 158 valence electrons. The molecule has 0 unspecified atom stereocenters. The lowest BCUT2D eigenvalue weighted by molar-refractivity contribution is 0.217. The van der Waals surface area contributed by atoms with Gasteiger partial charge in [-0.25, -0.2) is 9.79 Å². The summed E-state index contributed by atoms with van der Waals surface area (Å²) in [6, 6.07) is 5.37. The first-order chi connectivity index (χ1) is 13.8. The number of ether oxygens (including phenoxy) is 2. The number of rotatable bonds is 9. The van der Waals surface area contributed by atoms with Crippen LogP contribution in [0.25, 0.3) is 0 Å². The number of likely N-dealkylation sites (N-methyl/N-ethyl adjacent to an activating group) is 1. The highest BCUT2D eigenvalue weighted by atomic mass is 16.5. The van der Waals surface area contributed by atoms with Crippen LogP contribution in [0.4, 0.5) is 11.5 Å². The van der Waals surface area contributed by atoms with E-state index in [0.29, 0.717) is 23.7 Å². The van der Waals surface area contributed by atoms with Gasteiger partial charge in [-0.1, -0.05) is 13.8 Å². The van der Waals surface area contributed by atoms with Gasteiger partial charge in [0.25, 0.3) is 5.56 Å². The van der Waals surface area contributed by atoms with Crippen LogP contribution in [-0.2, 0) is 14.1 Å². The third kappa shape index (κ3) is 5.05. The summed E-state index contributed by atoms with van der Waals surface area (Å²) in [7, 11) is 4.44. The number of nitrogen functional groups attached to an aromatic ring is 1. The van der Waals surface area contributed by atoms with E-state index in [1.165, 1.54) is 24.9 Å². The molecular formula is C20H29N5O4. The molecule has 1 heterocycles. The van der Waals surface area contributed by atoms with E-state index >= 15 is 0 Å². The zero-order chi connectivity index (χ0) is 21.6. The second-order valence-corrected chi connectivity index (χ2v) is 6.48. The first-order valence-corrected chi connectivity index (χ1v) is 9.46. The van der Waals surface area contributed by atoms with E-state index in [0.717, 1.165) is 24.2 Å². The van der Waals surface area contributed by atoms with Crippen molar-refractivity contribution in [3.05, 3.63) is 44.6 Å². The Bertz CT molecular complexity index is 990. The van der Waals surface area contributed by atoms with Crippen molar-refractivity contribution in [2.24, 2.45) is 19.1 Å². The summed E-state index contributed by atoms with van der Waals surface area (Å²) < 4.78 is 13.4. The van der Waals surface area contributed by atoms with Gasteiger partial charge in [0.05, 0.1) is 7.11 Å². The predicted octanol–water partition coefficient (Wildman–Crippen LogP) is 1.15. The SMILES string of the molecule is CCN(CC)CCOc1ccc(C=Nc2c(N)n(C)c(=O)n(C)c2=O)cc1OC. The first kappa shape index (κ1) is 22.2. The lowest BCUT2D eigenvalue weighted by atomic mass is 10.2. The number of methoxy groups -OCH3 is 1. The Hall–Kier alpha value is -3.07. The second-order valence-electron chi connectivity index (χ2n) is 6.48. The molecule has 0 atom stereocenters. The molecule has 0 saturated heterocycles. The molecule has 2 N–H and O–H groups in total. The van der Waals surface area contributed by atoms with Crippen LogP contribution < -0.4 is 26.5 Å². The lowest BCUT2D eigenvalue weighted by Crippen LogP contribution is -2.37. The smallest absolute Gasteiger partial charge is 0.332 e. The highest BCUT2D eigenvalue weighted by Crippen LogP contribution is 2.27. The molecule has 0 spiro atoms. The summed E-state index contributed by atoms with van der Waals surface area (Å²) in [5, 5.41) is 0. The minimum atomic E-state index is -0.551. The maximum absolute atomic E-state index is 12.3. The zero-order valence-electron chi connectivity index (χ0n) is 17.6. The van der Waals surface area contributed by atoms with Gasteiger partial charge >= 0.3 is 5.69 Å².